The number of ether oxygens (including phenoxy) is 1. The monoisotopic (exact) mass is 278 g/mol. The number of likely N-dealkylation sites (N-methyl/N-ethyl adjacent to an activating group) is 1. The van der Waals surface area contributed by atoms with E-state index in [9.17, 15) is 0 Å². The zero-order chi connectivity index (χ0) is 12.3. The molecule has 0 spiro atoms. The molecule has 0 aromatic carbocycles. The van der Waals surface area contributed by atoms with E-state index in [4.69, 9.17) is 27.5 Å². The van der Waals surface area contributed by atoms with Crippen molar-refractivity contribution < 1.29 is 51.8 Å². The molecule has 1 fully saturated rings. The van der Waals surface area contributed by atoms with E-state index < -0.39 is 10.4 Å². The van der Waals surface area contributed by atoms with Crippen LogP contribution in [0.4, 0.5) is 0 Å². The summed E-state index contributed by atoms with van der Waals surface area (Å²) in [6.45, 7) is 5.45. The molecule has 1 heterocycles. The molecule has 0 unspecified atom stereocenters. The summed E-state index contributed by atoms with van der Waals surface area (Å²) in [5.41, 5.74) is 0. The van der Waals surface area contributed by atoms with Crippen LogP contribution in [0.1, 0.15) is 6.92 Å². The third-order valence-electron chi connectivity index (χ3n) is 1.23. The largest absolute Gasteiger partial charge is 1.00 e. The van der Waals surface area contributed by atoms with Gasteiger partial charge in [0.2, 0.25) is 0 Å². The third-order valence-corrected chi connectivity index (χ3v) is 1.23. The van der Waals surface area contributed by atoms with Crippen LogP contribution in [0.3, 0.4) is 0 Å². The van der Waals surface area contributed by atoms with Crippen LogP contribution < -0.4 is 29.6 Å². The van der Waals surface area contributed by atoms with E-state index in [1.807, 2.05) is 0 Å². The molecule has 0 aromatic heterocycles. The molecule has 1 aliphatic heterocycles. The molecule has 1 saturated heterocycles. The predicted octanol–water partition coefficient (Wildman–Crippen LogP) is -2.72. The maximum Gasteiger partial charge on any atom is 1.00 e. The fourth-order valence-corrected chi connectivity index (χ4v) is 0.655. The van der Waals surface area contributed by atoms with Gasteiger partial charge in [-0.3, -0.25) is 9.11 Å². The molecule has 0 radical (unpaired) electrons. The molecule has 2 N–H and O–H groups in total. The van der Waals surface area contributed by atoms with E-state index >= 15 is 0 Å². The molecule has 9 heteroatoms. The molecule has 0 bridgehead atoms. The molecular formula is C8H19N2NaO5S. The molecule has 0 aliphatic carbocycles. The number of nitrogens with zero attached hydrogens (tertiary/aromatic N) is 2. The van der Waals surface area contributed by atoms with Crippen molar-refractivity contribution >= 4 is 10.4 Å². The van der Waals surface area contributed by atoms with Crippen LogP contribution in [-0.2, 0) is 15.1 Å². The molecule has 0 saturated carbocycles. The van der Waals surface area contributed by atoms with Crippen molar-refractivity contribution in [3.8, 4) is 6.07 Å². The molecule has 1 rings (SSSR count). The van der Waals surface area contributed by atoms with Gasteiger partial charge in [-0.15, -0.1) is 0 Å². The number of hydrogen-bond acceptors (Lipinski definition) is 5. The quantitative estimate of drug-likeness (QED) is 0.281. The predicted molar refractivity (Wildman–Crippen MR) is 60.2 cm³/mol. The van der Waals surface area contributed by atoms with Crippen molar-refractivity contribution in [2.24, 2.45) is 0 Å². The van der Waals surface area contributed by atoms with E-state index in [1.165, 1.54) is 6.92 Å². The Morgan fingerprint density at radius 3 is 1.65 bits per heavy atom. The average molecular weight is 278 g/mol. The van der Waals surface area contributed by atoms with E-state index in [2.05, 4.69) is 11.9 Å². The van der Waals surface area contributed by atoms with Crippen molar-refractivity contribution in [3.05, 3.63) is 7.43 Å². The topological polar surface area (TPSA) is 111 Å². The van der Waals surface area contributed by atoms with Crippen molar-refractivity contribution in [1.29, 1.82) is 5.26 Å². The normalized spacial score (nSPS) is 14.3. The summed E-state index contributed by atoms with van der Waals surface area (Å²) < 4.78 is 36.7. The van der Waals surface area contributed by atoms with E-state index in [-0.39, 0.29) is 37.0 Å². The van der Waals surface area contributed by atoms with E-state index in [0.29, 0.717) is 0 Å². The minimum Gasteiger partial charge on any atom is -0.379 e. The first kappa shape index (κ1) is 26.0. The van der Waals surface area contributed by atoms with Gasteiger partial charge in [0, 0.05) is 20.0 Å². The molecule has 0 atom stereocenters. The van der Waals surface area contributed by atoms with E-state index in [0.717, 1.165) is 26.3 Å². The zero-order valence-electron chi connectivity index (χ0n) is 10.8. The first-order valence-electron chi connectivity index (χ1n) is 4.08. The first-order chi connectivity index (χ1) is 6.81. The van der Waals surface area contributed by atoms with Crippen molar-refractivity contribution in [3.63, 3.8) is 0 Å². The zero-order valence-corrected chi connectivity index (χ0v) is 13.6. The van der Waals surface area contributed by atoms with E-state index in [1.54, 1.807) is 6.07 Å². The van der Waals surface area contributed by atoms with Crippen LogP contribution in [0.25, 0.3) is 0 Å². The van der Waals surface area contributed by atoms with Crippen LogP contribution in [0.2, 0.25) is 0 Å². The SMILES string of the molecule is CC#N.CN1CCOCC1.O=S(=O)(O)O.[CH3-].[Na+]. The summed E-state index contributed by atoms with van der Waals surface area (Å²) in [6.07, 6.45) is 0. The van der Waals surface area contributed by atoms with Gasteiger partial charge in [-0.2, -0.15) is 13.7 Å². The maximum absolute atomic E-state index is 8.74. The van der Waals surface area contributed by atoms with Gasteiger partial charge >= 0.3 is 40.0 Å². The van der Waals surface area contributed by atoms with Crippen LogP contribution in [0, 0.1) is 18.8 Å². The third kappa shape index (κ3) is 48.4. The Morgan fingerprint density at radius 1 is 1.29 bits per heavy atom. The fraction of sp³-hybridized carbons (Fsp3) is 0.750. The summed E-state index contributed by atoms with van der Waals surface area (Å²) in [5, 5.41) is 7.32. The Bertz CT molecular complexity index is 264. The molecular weight excluding hydrogens is 259 g/mol. The van der Waals surface area contributed by atoms with Crippen LogP contribution in [-0.4, -0.2) is 55.8 Å². The number of nitriles is 1. The minimum atomic E-state index is -4.67. The molecule has 0 amide bonds. The Kier molecular flexibility index (Phi) is 24.9. The number of rotatable bonds is 0. The second-order valence-corrected chi connectivity index (χ2v) is 3.48. The summed E-state index contributed by atoms with van der Waals surface area (Å²) >= 11 is 0. The van der Waals surface area contributed by atoms with Gasteiger partial charge in [-0.25, -0.2) is 0 Å². The second kappa shape index (κ2) is 16.3. The van der Waals surface area contributed by atoms with Crippen molar-refractivity contribution in [2.45, 2.75) is 6.92 Å². The van der Waals surface area contributed by atoms with Crippen molar-refractivity contribution in [2.75, 3.05) is 33.4 Å². The van der Waals surface area contributed by atoms with Gasteiger partial charge in [0.1, 0.15) is 0 Å². The number of morpholine rings is 1. The molecule has 1 aliphatic rings. The van der Waals surface area contributed by atoms with Crippen LogP contribution in [0.15, 0.2) is 0 Å². The summed E-state index contributed by atoms with van der Waals surface area (Å²) in [5.74, 6) is 0. The van der Waals surface area contributed by atoms with Gasteiger partial charge in [0.05, 0.1) is 19.3 Å². The maximum atomic E-state index is 8.74. The Morgan fingerprint density at radius 2 is 1.53 bits per heavy atom. The van der Waals surface area contributed by atoms with Crippen LogP contribution in [0.5, 0.6) is 0 Å². The van der Waals surface area contributed by atoms with Gasteiger partial charge in [-0.1, -0.05) is 0 Å². The second-order valence-electron chi connectivity index (χ2n) is 2.59. The average Bonchev–Trinajstić information content (AvgIpc) is 2.03. The molecule has 98 valence electrons. The summed E-state index contributed by atoms with van der Waals surface area (Å²) in [7, 11) is -2.55. The summed E-state index contributed by atoms with van der Waals surface area (Å²) in [4.78, 5) is 2.27. The standard InChI is InChI=1S/C5H11NO.C2H3N.CH3.Na.H2O4S/c1-6-2-4-7-5-3-6;1-2-3;;;1-5(2,3)4/h2-5H2,1H3;1H3;1H3;;(H2,1,2,3,4)/q;;-1;+1;. The Balaban J connectivity index is -0.0000000765. The van der Waals surface area contributed by atoms with Gasteiger partial charge in [0.25, 0.3) is 0 Å². The fourth-order valence-electron chi connectivity index (χ4n) is 0.655. The molecule has 0 aromatic rings. The van der Waals surface area contributed by atoms with Gasteiger partial charge in [-0.05, 0) is 7.05 Å². The van der Waals surface area contributed by atoms with Crippen molar-refractivity contribution in [1.82, 2.24) is 4.90 Å². The first-order valence-corrected chi connectivity index (χ1v) is 5.48. The van der Waals surface area contributed by atoms with Gasteiger partial charge < -0.3 is 17.1 Å². The summed E-state index contributed by atoms with van der Waals surface area (Å²) in [6, 6.07) is 1.75. The Hall–Kier alpha value is 0.280. The number of hydrogen-bond donors (Lipinski definition) is 2. The molecule has 7 nitrogen and oxygen atoms in total. The minimum absolute atomic E-state index is 0. The van der Waals surface area contributed by atoms with Crippen LogP contribution >= 0.6 is 0 Å². The smallest absolute Gasteiger partial charge is 0.379 e. The van der Waals surface area contributed by atoms with Gasteiger partial charge in [0.15, 0.2) is 0 Å². The Labute approximate surface area is 126 Å². The molecule has 17 heavy (non-hydrogen) atoms.